The predicted molar refractivity (Wildman–Crippen MR) is 96.1 cm³/mol. The van der Waals surface area contributed by atoms with E-state index in [1.54, 1.807) is 7.05 Å². The molecular weight excluding hydrogens is 425 g/mol. The summed E-state index contributed by atoms with van der Waals surface area (Å²) in [6, 6.07) is 8.25. The van der Waals surface area contributed by atoms with Gasteiger partial charge in [0.1, 0.15) is 0 Å². The molecule has 1 aromatic carbocycles. The lowest BCUT2D eigenvalue weighted by Crippen LogP contribution is -2.37. The molecule has 0 heterocycles. The number of nitrogens with zero attached hydrogens (tertiary/aromatic N) is 1. The molecule has 3 nitrogen and oxygen atoms in total. The van der Waals surface area contributed by atoms with Crippen LogP contribution < -0.4 is 10.6 Å². The second-order valence-corrected chi connectivity index (χ2v) is 5.38. The topological polar surface area (TPSA) is 36.4 Å². The van der Waals surface area contributed by atoms with E-state index in [1.165, 1.54) is 5.56 Å². The van der Waals surface area contributed by atoms with Crippen LogP contribution >= 0.6 is 51.7 Å². The van der Waals surface area contributed by atoms with E-state index in [2.05, 4.69) is 49.9 Å². The first-order valence-electron chi connectivity index (χ1n) is 5.44. The van der Waals surface area contributed by atoms with Gasteiger partial charge in [-0.3, -0.25) is 4.99 Å². The number of nitrogens with one attached hydrogen (secondary N) is 2. The van der Waals surface area contributed by atoms with Gasteiger partial charge in [-0.1, -0.05) is 28.1 Å². The minimum Gasteiger partial charge on any atom is -0.356 e. The highest BCUT2D eigenvalue weighted by Gasteiger charge is 1.98. The van der Waals surface area contributed by atoms with Gasteiger partial charge in [0.25, 0.3) is 0 Å². The van der Waals surface area contributed by atoms with Crippen LogP contribution in [0, 0.1) is 0 Å². The SMILES string of the molecule is CN=C(NCCSC)NCc1cccc(Br)c1.I. The van der Waals surface area contributed by atoms with Gasteiger partial charge in [-0.25, -0.2) is 0 Å². The monoisotopic (exact) mass is 443 g/mol. The first-order chi connectivity index (χ1) is 8.26. The van der Waals surface area contributed by atoms with Crippen molar-refractivity contribution in [3.63, 3.8) is 0 Å². The molecule has 1 aromatic rings. The third kappa shape index (κ3) is 7.48. The van der Waals surface area contributed by atoms with Gasteiger partial charge in [0.05, 0.1) is 0 Å². The Hall–Kier alpha value is 0.0500. The van der Waals surface area contributed by atoms with Crippen molar-refractivity contribution >= 4 is 57.6 Å². The summed E-state index contributed by atoms with van der Waals surface area (Å²) in [7, 11) is 1.79. The van der Waals surface area contributed by atoms with E-state index in [9.17, 15) is 0 Å². The molecule has 0 unspecified atom stereocenters. The Morgan fingerprint density at radius 1 is 1.39 bits per heavy atom. The number of hydrogen-bond donors (Lipinski definition) is 2. The van der Waals surface area contributed by atoms with Crippen LogP contribution in [0.5, 0.6) is 0 Å². The van der Waals surface area contributed by atoms with Crippen LogP contribution in [0.1, 0.15) is 5.56 Å². The van der Waals surface area contributed by atoms with E-state index in [-0.39, 0.29) is 24.0 Å². The molecule has 0 aliphatic rings. The van der Waals surface area contributed by atoms with Crippen LogP contribution in [0.3, 0.4) is 0 Å². The van der Waals surface area contributed by atoms with E-state index in [4.69, 9.17) is 0 Å². The highest BCUT2D eigenvalue weighted by Crippen LogP contribution is 2.11. The Morgan fingerprint density at radius 2 is 2.17 bits per heavy atom. The molecule has 2 N–H and O–H groups in total. The fourth-order valence-electron chi connectivity index (χ4n) is 1.32. The van der Waals surface area contributed by atoms with Gasteiger partial charge in [-0.15, -0.1) is 24.0 Å². The number of rotatable bonds is 5. The van der Waals surface area contributed by atoms with Crippen LogP contribution in [0.4, 0.5) is 0 Å². The van der Waals surface area contributed by atoms with Crippen molar-refractivity contribution in [2.75, 3.05) is 25.6 Å². The van der Waals surface area contributed by atoms with Crippen LogP contribution in [-0.2, 0) is 6.54 Å². The normalized spacial score (nSPS) is 10.7. The number of hydrogen-bond acceptors (Lipinski definition) is 2. The van der Waals surface area contributed by atoms with Crippen LogP contribution in [0.15, 0.2) is 33.7 Å². The summed E-state index contributed by atoms with van der Waals surface area (Å²) >= 11 is 5.28. The molecule has 0 aromatic heterocycles. The number of benzene rings is 1. The number of halogens is 2. The summed E-state index contributed by atoms with van der Waals surface area (Å²) < 4.78 is 1.10. The molecule has 0 atom stereocenters. The van der Waals surface area contributed by atoms with Gasteiger partial charge >= 0.3 is 0 Å². The van der Waals surface area contributed by atoms with Gasteiger partial charge in [0.15, 0.2) is 5.96 Å². The van der Waals surface area contributed by atoms with Gasteiger partial charge in [0.2, 0.25) is 0 Å². The van der Waals surface area contributed by atoms with Crippen molar-refractivity contribution in [2.24, 2.45) is 4.99 Å². The first kappa shape index (κ1) is 18.0. The predicted octanol–water partition coefficient (Wildman–Crippen LogP) is 3.10. The van der Waals surface area contributed by atoms with Crippen LogP contribution in [0.25, 0.3) is 0 Å². The van der Waals surface area contributed by atoms with Gasteiger partial charge in [-0.2, -0.15) is 11.8 Å². The van der Waals surface area contributed by atoms with Gasteiger partial charge < -0.3 is 10.6 Å². The zero-order valence-electron chi connectivity index (χ0n) is 10.6. The molecule has 0 aliphatic heterocycles. The summed E-state index contributed by atoms with van der Waals surface area (Å²) in [5.41, 5.74) is 1.23. The average molecular weight is 444 g/mol. The maximum atomic E-state index is 4.17. The molecule has 0 amide bonds. The number of aliphatic imine (C=N–C) groups is 1. The number of thioether (sulfide) groups is 1. The molecule has 0 saturated heterocycles. The smallest absolute Gasteiger partial charge is 0.191 e. The maximum Gasteiger partial charge on any atom is 0.191 e. The van der Waals surface area contributed by atoms with Crippen molar-refractivity contribution in [2.45, 2.75) is 6.54 Å². The number of guanidine groups is 1. The quantitative estimate of drug-likeness (QED) is 0.317. The van der Waals surface area contributed by atoms with Gasteiger partial charge in [0, 0.05) is 30.4 Å². The summed E-state index contributed by atoms with van der Waals surface area (Å²) in [5.74, 6) is 1.93. The standard InChI is InChI=1S/C12H18BrN3S.HI/c1-14-12(15-6-7-17-2)16-9-10-4-3-5-11(13)8-10;/h3-5,8H,6-7,9H2,1-2H3,(H2,14,15,16);1H. The molecule has 0 fully saturated rings. The second kappa shape index (κ2) is 10.9. The maximum absolute atomic E-state index is 4.17. The minimum atomic E-state index is 0. The molecule has 0 aliphatic carbocycles. The largest absolute Gasteiger partial charge is 0.356 e. The Balaban J connectivity index is 0.00000289. The Labute approximate surface area is 139 Å². The molecule has 0 radical (unpaired) electrons. The molecule has 1 rings (SSSR count). The lowest BCUT2D eigenvalue weighted by molar-refractivity contribution is 0.832. The van der Waals surface area contributed by atoms with Gasteiger partial charge in [-0.05, 0) is 24.0 Å². The molecule has 0 bridgehead atoms. The van der Waals surface area contributed by atoms with E-state index in [0.29, 0.717) is 0 Å². The minimum absolute atomic E-state index is 0. The zero-order valence-corrected chi connectivity index (χ0v) is 15.3. The molecular formula is C12H19BrIN3S. The highest BCUT2D eigenvalue weighted by atomic mass is 127. The van der Waals surface area contributed by atoms with Crippen molar-refractivity contribution < 1.29 is 0 Å². The fraction of sp³-hybridized carbons (Fsp3) is 0.417. The summed E-state index contributed by atoms with van der Waals surface area (Å²) in [6.45, 7) is 1.71. The van der Waals surface area contributed by atoms with E-state index in [0.717, 1.165) is 29.3 Å². The van der Waals surface area contributed by atoms with Crippen molar-refractivity contribution in [1.29, 1.82) is 0 Å². The van der Waals surface area contributed by atoms with Crippen molar-refractivity contribution in [1.82, 2.24) is 10.6 Å². The summed E-state index contributed by atoms with van der Waals surface area (Å²) in [4.78, 5) is 4.17. The first-order valence-corrected chi connectivity index (χ1v) is 7.63. The molecule has 0 saturated carbocycles. The Bertz CT molecular complexity index is 374. The van der Waals surface area contributed by atoms with E-state index >= 15 is 0 Å². The lowest BCUT2D eigenvalue weighted by Gasteiger charge is -2.11. The van der Waals surface area contributed by atoms with Crippen molar-refractivity contribution in [3.8, 4) is 0 Å². The van der Waals surface area contributed by atoms with E-state index < -0.39 is 0 Å². The molecule has 18 heavy (non-hydrogen) atoms. The summed E-state index contributed by atoms with van der Waals surface area (Å²) in [6.07, 6.45) is 2.10. The molecule has 102 valence electrons. The average Bonchev–Trinajstić information content (AvgIpc) is 2.34. The molecule has 6 heteroatoms. The lowest BCUT2D eigenvalue weighted by atomic mass is 10.2. The van der Waals surface area contributed by atoms with Crippen LogP contribution in [-0.4, -0.2) is 31.6 Å². The van der Waals surface area contributed by atoms with E-state index in [1.807, 2.05) is 23.9 Å². The second-order valence-electron chi connectivity index (χ2n) is 3.48. The molecule has 0 spiro atoms. The highest BCUT2D eigenvalue weighted by molar-refractivity contribution is 14.0. The zero-order chi connectivity index (χ0) is 12.5. The Kier molecular flexibility index (Phi) is 11.0. The van der Waals surface area contributed by atoms with Crippen molar-refractivity contribution in [3.05, 3.63) is 34.3 Å². The Morgan fingerprint density at radius 3 is 2.78 bits per heavy atom. The van der Waals surface area contributed by atoms with Crippen LogP contribution in [0.2, 0.25) is 0 Å². The third-order valence-corrected chi connectivity index (χ3v) is 3.28. The fourth-order valence-corrected chi connectivity index (χ4v) is 2.08. The summed E-state index contributed by atoms with van der Waals surface area (Å²) in [5, 5.41) is 6.54. The third-order valence-electron chi connectivity index (χ3n) is 2.17.